The van der Waals surface area contributed by atoms with E-state index in [-0.39, 0.29) is 11.5 Å². The zero-order valence-electron chi connectivity index (χ0n) is 16.8. The van der Waals surface area contributed by atoms with Crippen molar-refractivity contribution in [1.29, 1.82) is 0 Å². The van der Waals surface area contributed by atoms with Gasteiger partial charge in [-0.25, -0.2) is 0 Å². The lowest BCUT2D eigenvalue weighted by atomic mass is 10.1. The zero-order valence-corrected chi connectivity index (χ0v) is 16.8. The lowest BCUT2D eigenvalue weighted by molar-refractivity contribution is 0.0268. The Bertz CT molecular complexity index is 599. The molecule has 0 atom stereocenters. The fourth-order valence-electron chi connectivity index (χ4n) is 2.09. The molecular weight excluding hydrogens is 330 g/mol. The monoisotopic (exact) mass is 363 g/mol. The van der Waals surface area contributed by atoms with Crippen molar-refractivity contribution in [1.82, 2.24) is 20.9 Å². The van der Waals surface area contributed by atoms with Crippen molar-refractivity contribution in [2.75, 3.05) is 47.9 Å². The summed E-state index contributed by atoms with van der Waals surface area (Å²) in [5, 5.41) is 9.41. The molecule has 0 radical (unpaired) electrons. The quantitative estimate of drug-likeness (QED) is 0.452. The smallest absolute Gasteiger partial charge is 0.251 e. The van der Waals surface area contributed by atoms with Crippen LogP contribution in [0.15, 0.2) is 29.3 Å². The van der Waals surface area contributed by atoms with Crippen molar-refractivity contribution in [3.05, 3.63) is 35.4 Å². The molecule has 0 spiro atoms. The number of carbonyl (C=O) groups is 1. The highest BCUT2D eigenvalue weighted by atomic mass is 16.5. The number of benzene rings is 1. The molecule has 146 valence electrons. The van der Waals surface area contributed by atoms with Gasteiger partial charge in [-0.2, -0.15) is 0 Å². The van der Waals surface area contributed by atoms with Crippen LogP contribution in [0.3, 0.4) is 0 Å². The molecule has 26 heavy (non-hydrogen) atoms. The minimum atomic E-state index is -0.276. The average Bonchev–Trinajstić information content (AvgIpc) is 2.61. The van der Waals surface area contributed by atoms with Gasteiger partial charge < -0.3 is 25.6 Å². The molecule has 1 aromatic rings. The van der Waals surface area contributed by atoms with E-state index >= 15 is 0 Å². The van der Waals surface area contributed by atoms with Crippen molar-refractivity contribution in [2.24, 2.45) is 4.99 Å². The number of nitrogens with one attached hydrogen (secondary N) is 3. The lowest BCUT2D eigenvalue weighted by Crippen LogP contribution is -2.45. The number of hydrogen-bond donors (Lipinski definition) is 3. The third kappa shape index (κ3) is 8.31. The molecule has 7 heteroatoms. The van der Waals surface area contributed by atoms with Gasteiger partial charge in [0.05, 0.1) is 5.60 Å². The normalized spacial score (nSPS) is 12.2. The molecule has 3 N–H and O–H groups in total. The molecule has 1 amide bonds. The summed E-state index contributed by atoms with van der Waals surface area (Å²) in [6.07, 6.45) is 0. The molecule has 7 nitrogen and oxygen atoms in total. The van der Waals surface area contributed by atoms with Gasteiger partial charge in [-0.15, -0.1) is 0 Å². The Morgan fingerprint density at radius 2 is 1.96 bits per heavy atom. The first kappa shape index (κ1) is 21.9. The van der Waals surface area contributed by atoms with Crippen LogP contribution in [0.1, 0.15) is 29.8 Å². The lowest BCUT2D eigenvalue weighted by Gasteiger charge is -2.24. The number of hydrogen-bond acceptors (Lipinski definition) is 4. The Morgan fingerprint density at radius 1 is 1.23 bits per heavy atom. The number of amides is 1. The molecule has 0 bridgehead atoms. The maximum atomic E-state index is 12.2. The van der Waals surface area contributed by atoms with Gasteiger partial charge in [0.15, 0.2) is 5.96 Å². The number of carbonyl (C=O) groups excluding carboxylic acids is 1. The van der Waals surface area contributed by atoms with Crippen molar-refractivity contribution < 1.29 is 9.53 Å². The Kier molecular flexibility index (Phi) is 9.09. The molecule has 0 aliphatic carbocycles. The van der Waals surface area contributed by atoms with Gasteiger partial charge in [0, 0.05) is 45.9 Å². The van der Waals surface area contributed by atoms with E-state index in [0.29, 0.717) is 31.2 Å². The second kappa shape index (κ2) is 10.8. The predicted octanol–water partition coefficient (Wildman–Crippen LogP) is 1.07. The number of likely N-dealkylation sites (N-methyl/N-ethyl adjacent to an activating group) is 1. The Hall–Kier alpha value is -2.12. The summed E-state index contributed by atoms with van der Waals surface area (Å²) in [6, 6.07) is 7.59. The van der Waals surface area contributed by atoms with Crippen LogP contribution < -0.4 is 16.0 Å². The van der Waals surface area contributed by atoms with Crippen molar-refractivity contribution in [3.8, 4) is 0 Å². The highest BCUT2D eigenvalue weighted by molar-refractivity contribution is 5.94. The van der Waals surface area contributed by atoms with E-state index in [9.17, 15) is 4.79 Å². The molecule has 0 heterocycles. The summed E-state index contributed by atoms with van der Waals surface area (Å²) in [5.74, 6) is 0.633. The first-order chi connectivity index (χ1) is 12.3. The zero-order chi connectivity index (χ0) is 19.6. The molecule has 0 saturated heterocycles. The van der Waals surface area contributed by atoms with E-state index in [1.54, 1.807) is 14.2 Å². The number of rotatable bonds is 9. The average molecular weight is 364 g/mol. The summed E-state index contributed by atoms with van der Waals surface area (Å²) in [7, 11) is 7.37. The highest BCUT2D eigenvalue weighted by Crippen LogP contribution is 2.06. The molecule has 1 aromatic carbocycles. The Balaban J connectivity index is 2.55. The molecule has 0 saturated carbocycles. The number of aliphatic imine (C=N–C) groups is 1. The SMILES string of the molecule is CN=C(NCc1cccc(C(=O)NCCN(C)C)c1)NCC(C)(C)OC. The van der Waals surface area contributed by atoms with Gasteiger partial charge >= 0.3 is 0 Å². The number of methoxy groups -OCH3 is 1. The van der Waals surface area contributed by atoms with E-state index < -0.39 is 0 Å². The second-order valence-corrected chi connectivity index (χ2v) is 7.00. The van der Waals surface area contributed by atoms with Gasteiger partial charge in [-0.1, -0.05) is 12.1 Å². The number of ether oxygens (including phenoxy) is 1. The van der Waals surface area contributed by atoms with E-state index in [4.69, 9.17) is 4.74 Å². The summed E-state index contributed by atoms with van der Waals surface area (Å²) < 4.78 is 5.39. The third-order valence-corrected chi connectivity index (χ3v) is 3.95. The van der Waals surface area contributed by atoms with Gasteiger partial charge in [0.1, 0.15) is 0 Å². The summed E-state index contributed by atoms with van der Waals surface area (Å²) >= 11 is 0. The first-order valence-electron chi connectivity index (χ1n) is 8.79. The maximum absolute atomic E-state index is 12.2. The van der Waals surface area contributed by atoms with Gasteiger partial charge in [-0.3, -0.25) is 9.79 Å². The van der Waals surface area contributed by atoms with Crippen molar-refractivity contribution in [3.63, 3.8) is 0 Å². The fourth-order valence-corrected chi connectivity index (χ4v) is 2.09. The predicted molar refractivity (Wildman–Crippen MR) is 107 cm³/mol. The van der Waals surface area contributed by atoms with E-state index in [2.05, 4.69) is 20.9 Å². The van der Waals surface area contributed by atoms with Gasteiger partial charge in [0.2, 0.25) is 0 Å². The molecule has 0 unspecified atom stereocenters. The molecule has 0 fully saturated rings. The topological polar surface area (TPSA) is 78.0 Å². The molecule has 0 aliphatic rings. The largest absolute Gasteiger partial charge is 0.377 e. The molecular formula is C19H33N5O2. The van der Waals surface area contributed by atoms with E-state index in [1.807, 2.05) is 57.1 Å². The summed E-state index contributed by atoms with van der Waals surface area (Å²) in [5.41, 5.74) is 1.40. The summed E-state index contributed by atoms with van der Waals surface area (Å²) in [6.45, 7) is 6.66. The van der Waals surface area contributed by atoms with Crippen molar-refractivity contribution >= 4 is 11.9 Å². The molecule has 0 aromatic heterocycles. The highest BCUT2D eigenvalue weighted by Gasteiger charge is 2.16. The van der Waals surface area contributed by atoms with Crippen LogP contribution in [-0.2, 0) is 11.3 Å². The summed E-state index contributed by atoms with van der Waals surface area (Å²) in [4.78, 5) is 18.5. The second-order valence-electron chi connectivity index (χ2n) is 7.00. The van der Waals surface area contributed by atoms with Crippen LogP contribution in [0, 0.1) is 0 Å². The van der Waals surface area contributed by atoms with Gasteiger partial charge in [0.25, 0.3) is 5.91 Å². The van der Waals surface area contributed by atoms with Crippen LogP contribution in [0.25, 0.3) is 0 Å². The van der Waals surface area contributed by atoms with Crippen molar-refractivity contribution in [2.45, 2.75) is 26.0 Å². The Morgan fingerprint density at radius 3 is 2.58 bits per heavy atom. The van der Waals surface area contributed by atoms with Gasteiger partial charge in [-0.05, 0) is 45.6 Å². The number of nitrogens with zero attached hydrogens (tertiary/aromatic N) is 2. The van der Waals surface area contributed by atoms with Crippen LogP contribution in [0.5, 0.6) is 0 Å². The fraction of sp³-hybridized carbons (Fsp3) is 0.579. The number of guanidine groups is 1. The van der Waals surface area contributed by atoms with Crippen LogP contribution in [-0.4, -0.2) is 70.3 Å². The van der Waals surface area contributed by atoms with Crippen LogP contribution in [0.2, 0.25) is 0 Å². The van der Waals surface area contributed by atoms with E-state index in [0.717, 1.165) is 12.1 Å². The van der Waals surface area contributed by atoms with Crippen LogP contribution in [0.4, 0.5) is 0 Å². The molecule has 0 aliphatic heterocycles. The molecule has 1 rings (SSSR count). The minimum absolute atomic E-state index is 0.0574. The van der Waals surface area contributed by atoms with Crippen LogP contribution >= 0.6 is 0 Å². The minimum Gasteiger partial charge on any atom is -0.377 e. The maximum Gasteiger partial charge on any atom is 0.251 e. The Labute approximate surface area is 157 Å². The third-order valence-electron chi connectivity index (χ3n) is 3.95. The first-order valence-corrected chi connectivity index (χ1v) is 8.79. The standard InChI is InChI=1S/C19H33N5O2/c1-19(2,26-6)14-23-18(20-3)22-13-15-8-7-9-16(12-15)17(25)21-10-11-24(4)5/h7-9,12H,10-11,13-14H2,1-6H3,(H,21,25)(H2,20,22,23). The van der Waals surface area contributed by atoms with E-state index in [1.165, 1.54) is 0 Å².